The Morgan fingerprint density at radius 1 is 1.30 bits per heavy atom. The fourth-order valence-electron chi connectivity index (χ4n) is 4.46. The van der Waals surface area contributed by atoms with Gasteiger partial charge in [-0.3, -0.25) is 4.79 Å². The second kappa shape index (κ2) is 12.1. The first kappa shape index (κ1) is 27.1. The van der Waals surface area contributed by atoms with Crippen LogP contribution in [0.15, 0.2) is 44.7 Å². The highest BCUT2D eigenvalue weighted by molar-refractivity contribution is 9.10. The molecule has 196 valence electrons. The van der Waals surface area contributed by atoms with E-state index in [2.05, 4.69) is 21.0 Å². The molecule has 8 nitrogen and oxygen atoms in total. The van der Waals surface area contributed by atoms with E-state index in [4.69, 9.17) is 30.8 Å². The molecule has 0 radical (unpaired) electrons. The van der Waals surface area contributed by atoms with Crippen molar-refractivity contribution < 1.29 is 19.0 Å². The van der Waals surface area contributed by atoms with Crippen molar-refractivity contribution >= 4 is 50.6 Å². The first-order chi connectivity index (χ1) is 17.8. The minimum atomic E-state index is -0.895. The van der Waals surface area contributed by atoms with Gasteiger partial charge in [0.25, 0.3) is 5.56 Å². The predicted molar refractivity (Wildman–Crippen MR) is 147 cm³/mol. The number of hydrogen-bond donors (Lipinski definition) is 0. The Labute approximate surface area is 228 Å². The standard InChI is InChI=1S/C27H29BrClN3O5/c1-4-36-21-14-18(22(28)23(29)24(21)37-16(2)27(34)35-3)15-30-32-25(17-10-6-5-7-11-17)31-20-13-9-8-12-19(20)26(32)33/h8-9,12-17H,4-7,10-11H2,1-3H3/t16-/m0/s1. The van der Waals surface area contributed by atoms with Crippen LogP contribution in [0.4, 0.5) is 0 Å². The lowest BCUT2D eigenvalue weighted by Crippen LogP contribution is -2.25. The molecule has 1 fully saturated rings. The number of carbonyl (C=O) groups is 1. The number of esters is 1. The van der Waals surface area contributed by atoms with Crippen LogP contribution in [-0.2, 0) is 9.53 Å². The first-order valence-corrected chi connectivity index (χ1v) is 13.5. The molecule has 37 heavy (non-hydrogen) atoms. The quantitative estimate of drug-likeness (QED) is 0.233. The maximum Gasteiger partial charge on any atom is 0.346 e. The number of benzene rings is 2. The Kier molecular flexibility index (Phi) is 8.87. The summed E-state index contributed by atoms with van der Waals surface area (Å²) in [6.07, 6.45) is 5.97. The van der Waals surface area contributed by atoms with Gasteiger partial charge >= 0.3 is 5.97 Å². The molecule has 1 atom stereocenters. The number of methoxy groups -OCH3 is 1. The van der Waals surface area contributed by atoms with Crippen molar-refractivity contribution in [1.82, 2.24) is 9.66 Å². The molecule has 1 saturated carbocycles. The Balaban J connectivity index is 1.80. The van der Waals surface area contributed by atoms with E-state index < -0.39 is 12.1 Å². The predicted octanol–water partition coefficient (Wildman–Crippen LogP) is 6.08. The van der Waals surface area contributed by atoms with Gasteiger partial charge in [0.15, 0.2) is 17.6 Å². The molecule has 0 aliphatic heterocycles. The SMILES string of the molecule is CCOc1cc(C=Nn2c(C3CCCCC3)nc3ccccc3c2=O)c(Br)c(Cl)c1O[C@@H](C)C(=O)OC. The number of fused-ring (bicyclic) bond motifs is 1. The third kappa shape index (κ3) is 5.83. The summed E-state index contributed by atoms with van der Waals surface area (Å²) in [4.78, 5) is 30.2. The zero-order valence-corrected chi connectivity index (χ0v) is 23.3. The average molecular weight is 591 g/mol. The van der Waals surface area contributed by atoms with Gasteiger partial charge in [0.1, 0.15) is 10.8 Å². The molecule has 2 aromatic carbocycles. The number of carbonyl (C=O) groups excluding carboxylic acids is 1. The van der Waals surface area contributed by atoms with Gasteiger partial charge in [-0.1, -0.05) is 43.0 Å². The summed E-state index contributed by atoms with van der Waals surface area (Å²) in [5.41, 5.74) is 1.02. The summed E-state index contributed by atoms with van der Waals surface area (Å²) in [5.74, 6) is 0.824. The Bertz CT molecular complexity index is 1380. The van der Waals surface area contributed by atoms with Gasteiger partial charge in [0, 0.05) is 16.0 Å². The number of rotatable bonds is 8. The van der Waals surface area contributed by atoms with Gasteiger partial charge in [0.2, 0.25) is 0 Å². The van der Waals surface area contributed by atoms with Crippen LogP contribution in [0.1, 0.15) is 63.3 Å². The summed E-state index contributed by atoms with van der Waals surface area (Å²) in [6.45, 7) is 3.73. The molecule has 0 amide bonds. The maximum atomic E-state index is 13.5. The lowest BCUT2D eigenvalue weighted by molar-refractivity contribution is -0.147. The maximum absolute atomic E-state index is 13.5. The Morgan fingerprint density at radius 3 is 2.73 bits per heavy atom. The monoisotopic (exact) mass is 589 g/mol. The van der Waals surface area contributed by atoms with Gasteiger partial charge < -0.3 is 14.2 Å². The summed E-state index contributed by atoms with van der Waals surface area (Å²) in [5, 5.41) is 5.31. The third-order valence-corrected chi connectivity index (χ3v) is 7.79. The van der Waals surface area contributed by atoms with Gasteiger partial charge in [-0.05, 0) is 60.8 Å². The molecule has 0 unspecified atom stereocenters. The van der Waals surface area contributed by atoms with E-state index in [1.807, 2.05) is 25.1 Å². The summed E-state index contributed by atoms with van der Waals surface area (Å²) in [6, 6.07) is 9.01. The zero-order valence-electron chi connectivity index (χ0n) is 21.0. The Morgan fingerprint density at radius 2 is 2.03 bits per heavy atom. The molecule has 1 aliphatic rings. The van der Waals surface area contributed by atoms with Crippen LogP contribution in [0.3, 0.4) is 0 Å². The van der Waals surface area contributed by atoms with Crippen LogP contribution in [-0.4, -0.2) is 41.7 Å². The fourth-order valence-corrected chi connectivity index (χ4v) is 5.10. The molecular formula is C27H29BrClN3O5. The first-order valence-electron chi connectivity index (χ1n) is 12.3. The van der Waals surface area contributed by atoms with Crippen LogP contribution < -0.4 is 15.0 Å². The molecule has 0 spiro atoms. The molecule has 0 bridgehead atoms. The number of ether oxygens (including phenoxy) is 3. The highest BCUT2D eigenvalue weighted by atomic mass is 79.9. The number of halogens is 2. The van der Waals surface area contributed by atoms with Crippen LogP contribution in [0.2, 0.25) is 5.02 Å². The van der Waals surface area contributed by atoms with Crippen LogP contribution in [0.5, 0.6) is 11.5 Å². The van der Waals surface area contributed by atoms with E-state index in [0.29, 0.717) is 39.1 Å². The van der Waals surface area contributed by atoms with Crippen molar-refractivity contribution in [3.05, 3.63) is 61.6 Å². The lowest BCUT2D eigenvalue weighted by Gasteiger charge is -2.22. The van der Waals surface area contributed by atoms with Gasteiger partial charge in [-0.15, -0.1) is 0 Å². The van der Waals surface area contributed by atoms with E-state index >= 15 is 0 Å². The van der Waals surface area contributed by atoms with Crippen molar-refractivity contribution in [3.63, 3.8) is 0 Å². The van der Waals surface area contributed by atoms with Gasteiger partial charge in [0.05, 0.1) is 30.8 Å². The fraction of sp³-hybridized carbons (Fsp3) is 0.407. The van der Waals surface area contributed by atoms with Crippen LogP contribution in [0.25, 0.3) is 10.9 Å². The number of aromatic nitrogens is 2. The summed E-state index contributed by atoms with van der Waals surface area (Å²) >= 11 is 10.1. The number of hydrogen-bond acceptors (Lipinski definition) is 7. The molecule has 1 heterocycles. The Hall–Kier alpha value is -2.91. The molecule has 3 aromatic rings. The second-order valence-corrected chi connectivity index (χ2v) is 9.99. The van der Waals surface area contributed by atoms with Crippen molar-refractivity contribution in [2.45, 2.75) is 58.0 Å². The van der Waals surface area contributed by atoms with E-state index in [1.165, 1.54) is 18.2 Å². The largest absolute Gasteiger partial charge is 0.490 e. The smallest absolute Gasteiger partial charge is 0.346 e. The van der Waals surface area contributed by atoms with Crippen molar-refractivity contribution in [3.8, 4) is 11.5 Å². The number of para-hydroxylation sites is 1. The average Bonchev–Trinajstić information content (AvgIpc) is 2.92. The molecule has 10 heteroatoms. The summed E-state index contributed by atoms with van der Waals surface area (Å²) < 4.78 is 18.2. The van der Waals surface area contributed by atoms with Gasteiger partial charge in [-0.25, -0.2) is 9.78 Å². The normalized spacial score (nSPS) is 15.2. The van der Waals surface area contributed by atoms with Crippen LogP contribution >= 0.6 is 27.5 Å². The summed E-state index contributed by atoms with van der Waals surface area (Å²) in [7, 11) is 1.29. The van der Waals surface area contributed by atoms with Crippen molar-refractivity contribution in [1.29, 1.82) is 0 Å². The van der Waals surface area contributed by atoms with E-state index in [-0.39, 0.29) is 22.2 Å². The van der Waals surface area contributed by atoms with E-state index in [1.54, 1.807) is 25.3 Å². The van der Waals surface area contributed by atoms with E-state index in [9.17, 15) is 9.59 Å². The molecule has 4 rings (SSSR count). The molecule has 1 aromatic heterocycles. The van der Waals surface area contributed by atoms with Crippen molar-refractivity contribution in [2.75, 3.05) is 13.7 Å². The van der Waals surface area contributed by atoms with Gasteiger partial charge in [-0.2, -0.15) is 9.78 Å². The molecule has 0 N–H and O–H groups in total. The topological polar surface area (TPSA) is 92.0 Å². The zero-order chi connectivity index (χ0) is 26.5. The third-order valence-electron chi connectivity index (χ3n) is 6.34. The van der Waals surface area contributed by atoms with Crippen molar-refractivity contribution in [2.24, 2.45) is 5.10 Å². The highest BCUT2D eigenvalue weighted by Crippen LogP contribution is 2.43. The minimum absolute atomic E-state index is 0.157. The minimum Gasteiger partial charge on any atom is -0.490 e. The molecule has 1 aliphatic carbocycles. The highest BCUT2D eigenvalue weighted by Gasteiger charge is 2.24. The lowest BCUT2D eigenvalue weighted by atomic mass is 9.88. The van der Waals surface area contributed by atoms with Crippen LogP contribution in [0, 0.1) is 0 Å². The molecular weight excluding hydrogens is 562 g/mol. The second-order valence-electron chi connectivity index (χ2n) is 8.82. The molecule has 0 saturated heterocycles. The number of nitrogens with zero attached hydrogens (tertiary/aromatic N) is 3. The van der Waals surface area contributed by atoms with E-state index in [0.717, 1.165) is 25.7 Å².